The van der Waals surface area contributed by atoms with Crippen molar-refractivity contribution in [1.82, 2.24) is 5.32 Å². The van der Waals surface area contributed by atoms with E-state index in [9.17, 15) is 4.39 Å². The molecule has 1 atom stereocenters. The van der Waals surface area contributed by atoms with Crippen LogP contribution in [0.2, 0.25) is 0 Å². The van der Waals surface area contributed by atoms with E-state index in [2.05, 4.69) is 12.2 Å². The van der Waals surface area contributed by atoms with Crippen molar-refractivity contribution in [2.45, 2.75) is 44.7 Å². The van der Waals surface area contributed by atoms with E-state index in [1.165, 1.54) is 38.9 Å². The fourth-order valence-corrected chi connectivity index (χ4v) is 2.49. The van der Waals surface area contributed by atoms with Crippen molar-refractivity contribution in [3.05, 3.63) is 29.6 Å². The van der Waals surface area contributed by atoms with Gasteiger partial charge < -0.3 is 10.1 Å². The molecule has 2 nitrogen and oxygen atoms in total. The van der Waals surface area contributed by atoms with Gasteiger partial charge in [0.2, 0.25) is 0 Å². The molecule has 1 fully saturated rings. The second-order valence-corrected chi connectivity index (χ2v) is 4.76. The SMILES string of the molecule is COc1cc(C(C)NC2CCCC2)ccc1F. The summed E-state index contributed by atoms with van der Waals surface area (Å²) in [5.74, 6) is 0.0203. The summed E-state index contributed by atoms with van der Waals surface area (Å²) in [6, 6.07) is 5.93. The minimum Gasteiger partial charge on any atom is -0.494 e. The summed E-state index contributed by atoms with van der Waals surface area (Å²) in [7, 11) is 1.50. The summed E-state index contributed by atoms with van der Waals surface area (Å²) < 4.78 is 18.3. The van der Waals surface area contributed by atoms with Crippen molar-refractivity contribution in [3.8, 4) is 5.75 Å². The van der Waals surface area contributed by atoms with Crippen LogP contribution in [0.15, 0.2) is 18.2 Å². The van der Waals surface area contributed by atoms with Crippen LogP contribution in [0.25, 0.3) is 0 Å². The van der Waals surface area contributed by atoms with Gasteiger partial charge in [-0.3, -0.25) is 0 Å². The van der Waals surface area contributed by atoms with E-state index in [-0.39, 0.29) is 11.9 Å². The fraction of sp³-hybridized carbons (Fsp3) is 0.571. The van der Waals surface area contributed by atoms with Crippen LogP contribution >= 0.6 is 0 Å². The van der Waals surface area contributed by atoms with Crippen LogP contribution in [0.3, 0.4) is 0 Å². The topological polar surface area (TPSA) is 21.3 Å². The quantitative estimate of drug-likeness (QED) is 0.866. The standard InChI is InChI=1S/C14H20FNO/c1-10(16-12-5-3-4-6-12)11-7-8-13(15)14(9-11)17-2/h7-10,12,16H,3-6H2,1-2H3. The van der Waals surface area contributed by atoms with Crippen molar-refractivity contribution in [2.24, 2.45) is 0 Å². The van der Waals surface area contributed by atoms with Gasteiger partial charge in [-0.15, -0.1) is 0 Å². The molecule has 1 aliphatic rings. The van der Waals surface area contributed by atoms with Gasteiger partial charge in [-0.1, -0.05) is 18.9 Å². The summed E-state index contributed by atoms with van der Waals surface area (Å²) in [4.78, 5) is 0. The largest absolute Gasteiger partial charge is 0.494 e. The number of rotatable bonds is 4. The van der Waals surface area contributed by atoms with Crippen LogP contribution in [-0.2, 0) is 0 Å². The molecule has 1 aromatic carbocycles. The highest BCUT2D eigenvalue weighted by Crippen LogP contribution is 2.25. The average Bonchev–Trinajstić information content (AvgIpc) is 2.82. The highest BCUT2D eigenvalue weighted by molar-refractivity contribution is 5.32. The van der Waals surface area contributed by atoms with Gasteiger partial charge in [0.15, 0.2) is 11.6 Å². The molecule has 0 aliphatic heterocycles. The number of benzene rings is 1. The molecule has 1 N–H and O–H groups in total. The number of halogens is 1. The first kappa shape index (κ1) is 12.4. The second-order valence-electron chi connectivity index (χ2n) is 4.76. The molecule has 0 amide bonds. The van der Waals surface area contributed by atoms with Crippen molar-refractivity contribution < 1.29 is 9.13 Å². The smallest absolute Gasteiger partial charge is 0.165 e. The van der Waals surface area contributed by atoms with Gasteiger partial charge >= 0.3 is 0 Å². The predicted molar refractivity (Wildman–Crippen MR) is 66.8 cm³/mol. The number of nitrogens with one attached hydrogen (secondary N) is 1. The van der Waals surface area contributed by atoms with Gasteiger partial charge in [0.25, 0.3) is 0 Å². The lowest BCUT2D eigenvalue weighted by Crippen LogP contribution is -2.28. The molecule has 2 rings (SSSR count). The maximum atomic E-state index is 13.3. The van der Waals surface area contributed by atoms with Crippen LogP contribution in [-0.4, -0.2) is 13.2 Å². The summed E-state index contributed by atoms with van der Waals surface area (Å²) in [6.45, 7) is 2.12. The van der Waals surface area contributed by atoms with Crippen LogP contribution in [0.4, 0.5) is 4.39 Å². The van der Waals surface area contributed by atoms with Crippen molar-refractivity contribution in [2.75, 3.05) is 7.11 Å². The first-order chi connectivity index (χ1) is 8.20. The van der Waals surface area contributed by atoms with Gasteiger partial charge in [-0.2, -0.15) is 0 Å². The lowest BCUT2D eigenvalue weighted by Gasteiger charge is -2.20. The third-order valence-corrected chi connectivity index (χ3v) is 3.52. The highest BCUT2D eigenvalue weighted by Gasteiger charge is 2.18. The third kappa shape index (κ3) is 2.97. The summed E-state index contributed by atoms with van der Waals surface area (Å²) in [5, 5.41) is 3.59. The lowest BCUT2D eigenvalue weighted by atomic mass is 10.1. The molecule has 3 heteroatoms. The molecule has 1 aromatic rings. The van der Waals surface area contributed by atoms with Crippen molar-refractivity contribution in [3.63, 3.8) is 0 Å². The molecular formula is C14H20FNO. The van der Waals surface area contributed by atoms with Gasteiger partial charge in [-0.05, 0) is 37.5 Å². The predicted octanol–water partition coefficient (Wildman–Crippen LogP) is 3.43. The van der Waals surface area contributed by atoms with Crippen LogP contribution in [0.5, 0.6) is 5.75 Å². The molecule has 0 radical (unpaired) electrons. The Morgan fingerprint density at radius 2 is 2.06 bits per heavy atom. The van der Waals surface area contributed by atoms with Crippen molar-refractivity contribution >= 4 is 0 Å². The van der Waals surface area contributed by atoms with Gasteiger partial charge in [0, 0.05) is 12.1 Å². The minimum absolute atomic E-state index is 0.243. The van der Waals surface area contributed by atoms with Gasteiger partial charge in [0.1, 0.15) is 0 Å². The molecule has 0 aromatic heterocycles. The minimum atomic E-state index is -0.302. The first-order valence-electron chi connectivity index (χ1n) is 6.30. The van der Waals surface area contributed by atoms with Crippen LogP contribution in [0, 0.1) is 5.82 Å². The average molecular weight is 237 g/mol. The van der Waals surface area contributed by atoms with E-state index >= 15 is 0 Å². The van der Waals surface area contributed by atoms with E-state index in [4.69, 9.17) is 4.74 Å². The molecule has 0 heterocycles. The highest BCUT2D eigenvalue weighted by atomic mass is 19.1. The molecule has 1 aliphatic carbocycles. The molecule has 0 spiro atoms. The number of methoxy groups -OCH3 is 1. The maximum absolute atomic E-state index is 13.3. The first-order valence-corrected chi connectivity index (χ1v) is 6.30. The molecule has 1 saturated carbocycles. The Kier molecular flexibility index (Phi) is 4.00. The maximum Gasteiger partial charge on any atom is 0.165 e. The Morgan fingerprint density at radius 1 is 1.35 bits per heavy atom. The lowest BCUT2D eigenvalue weighted by molar-refractivity contribution is 0.384. The Hall–Kier alpha value is -1.09. The van der Waals surface area contributed by atoms with Crippen LogP contribution < -0.4 is 10.1 Å². The zero-order valence-corrected chi connectivity index (χ0v) is 10.5. The normalized spacial score (nSPS) is 18.3. The summed E-state index contributed by atoms with van der Waals surface area (Å²) >= 11 is 0. The Morgan fingerprint density at radius 3 is 2.71 bits per heavy atom. The fourth-order valence-electron chi connectivity index (χ4n) is 2.49. The zero-order chi connectivity index (χ0) is 12.3. The monoisotopic (exact) mass is 237 g/mol. The molecule has 1 unspecified atom stereocenters. The van der Waals surface area contributed by atoms with Gasteiger partial charge in [-0.25, -0.2) is 4.39 Å². The summed E-state index contributed by atoms with van der Waals surface area (Å²) in [6.07, 6.45) is 5.14. The van der Waals surface area contributed by atoms with Crippen LogP contribution in [0.1, 0.15) is 44.2 Å². The number of ether oxygens (including phenoxy) is 1. The molecular weight excluding hydrogens is 217 g/mol. The molecule has 0 saturated heterocycles. The van der Waals surface area contributed by atoms with E-state index < -0.39 is 0 Å². The molecule has 0 bridgehead atoms. The van der Waals surface area contributed by atoms with E-state index in [1.807, 2.05) is 6.07 Å². The molecule has 17 heavy (non-hydrogen) atoms. The molecule has 94 valence electrons. The Bertz CT molecular complexity index is 374. The van der Waals surface area contributed by atoms with Gasteiger partial charge in [0.05, 0.1) is 7.11 Å². The summed E-state index contributed by atoms with van der Waals surface area (Å²) in [5.41, 5.74) is 1.08. The van der Waals surface area contributed by atoms with E-state index in [1.54, 1.807) is 6.07 Å². The van der Waals surface area contributed by atoms with Crippen molar-refractivity contribution in [1.29, 1.82) is 0 Å². The Balaban J connectivity index is 2.04. The Labute approximate surface area is 102 Å². The van der Waals surface area contributed by atoms with E-state index in [0.717, 1.165) is 5.56 Å². The zero-order valence-electron chi connectivity index (χ0n) is 10.5. The number of hydrogen-bond acceptors (Lipinski definition) is 2. The number of hydrogen-bond donors (Lipinski definition) is 1. The second kappa shape index (κ2) is 5.50. The van der Waals surface area contributed by atoms with E-state index in [0.29, 0.717) is 11.8 Å². The third-order valence-electron chi connectivity index (χ3n) is 3.52.